The van der Waals surface area contributed by atoms with Gasteiger partial charge in [-0.3, -0.25) is 4.90 Å². The first-order valence-corrected chi connectivity index (χ1v) is 8.83. The molecule has 0 radical (unpaired) electrons. The Balaban J connectivity index is 4.22. The first kappa shape index (κ1) is 20.7. The van der Waals surface area contributed by atoms with Crippen molar-refractivity contribution in [3.05, 3.63) is 11.6 Å². The SMILES string of the molecule is CCCCCOCCN(CC)C(C)(C)CC(C)=CC(C)C. The van der Waals surface area contributed by atoms with Crippen LogP contribution in [0.25, 0.3) is 0 Å². The molecule has 21 heavy (non-hydrogen) atoms. The summed E-state index contributed by atoms with van der Waals surface area (Å²) in [5.74, 6) is 0.637. The summed E-state index contributed by atoms with van der Waals surface area (Å²) in [5, 5.41) is 0. The predicted octanol–water partition coefficient (Wildman–Crippen LogP) is 5.29. The molecule has 0 heterocycles. The normalized spacial score (nSPS) is 13.5. The van der Waals surface area contributed by atoms with Crippen molar-refractivity contribution in [2.75, 3.05) is 26.3 Å². The molecule has 0 N–H and O–H groups in total. The van der Waals surface area contributed by atoms with Gasteiger partial charge in [0, 0.05) is 18.7 Å². The van der Waals surface area contributed by atoms with Gasteiger partial charge in [0.25, 0.3) is 0 Å². The molecule has 0 bridgehead atoms. The number of hydrogen-bond donors (Lipinski definition) is 0. The fourth-order valence-electron chi connectivity index (χ4n) is 3.04. The summed E-state index contributed by atoms with van der Waals surface area (Å²) in [6, 6.07) is 0. The average Bonchev–Trinajstić information content (AvgIpc) is 2.35. The van der Waals surface area contributed by atoms with E-state index in [0.717, 1.165) is 32.7 Å². The highest BCUT2D eigenvalue weighted by atomic mass is 16.5. The molecule has 2 heteroatoms. The molecule has 0 aromatic rings. The minimum atomic E-state index is 0.205. The Morgan fingerprint density at radius 1 is 1.14 bits per heavy atom. The summed E-state index contributed by atoms with van der Waals surface area (Å²) in [4.78, 5) is 2.55. The number of ether oxygens (including phenoxy) is 1. The number of nitrogens with zero attached hydrogens (tertiary/aromatic N) is 1. The number of unbranched alkanes of at least 4 members (excludes halogenated alkanes) is 2. The Morgan fingerprint density at radius 3 is 2.33 bits per heavy atom. The van der Waals surface area contributed by atoms with Gasteiger partial charge in [0.05, 0.1) is 6.61 Å². The van der Waals surface area contributed by atoms with E-state index in [1.54, 1.807) is 0 Å². The largest absolute Gasteiger partial charge is 0.380 e. The van der Waals surface area contributed by atoms with Gasteiger partial charge in [-0.25, -0.2) is 0 Å². The molecule has 0 aromatic heterocycles. The monoisotopic (exact) mass is 297 g/mol. The van der Waals surface area contributed by atoms with Crippen LogP contribution in [0.5, 0.6) is 0 Å². The lowest BCUT2D eigenvalue weighted by atomic mass is 9.92. The van der Waals surface area contributed by atoms with Gasteiger partial charge in [0.2, 0.25) is 0 Å². The van der Waals surface area contributed by atoms with E-state index in [1.807, 2.05) is 0 Å². The number of rotatable bonds is 12. The second-order valence-corrected chi connectivity index (χ2v) is 7.15. The molecule has 0 amide bonds. The van der Waals surface area contributed by atoms with Crippen LogP contribution in [0.1, 0.15) is 74.1 Å². The minimum absolute atomic E-state index is 0.205. The van der Waals surface area contributed by atoms with Crippen LogP contribution in [0, 0.1) is 5.92 Å². The summed E-state index contributed by atoms with van der Waals surface area (Å²) < 4.78 is 5.78. The second kappa shape index (κ2) is 11.3. The van der Waals surface area contributed by atoms with Crippen LogP contribution < -0.4 is 0 Å². The molecule has 0 saturated carbocycles. The summed E-state index contributed by atoms with van der Waals surface area (Å²) in [6.45, 7) is 19.8. The topological polar surface area (TPSA) is 12.5 Å². The van der Waals surface area contributed by atoms with Gasteiger partial charge < -0.3 is 4.74 Å². The molecule has 0 unspecified atom stereocenters. The molecular weight excluding hydrogens is 258 g/mol. The van der Waals surface area contributed by atoms with Crippen molar-refractivity contribution >= 4 is 0 Å². The highest BCUT2D eigenvalue weighted by Gasteiger charge is 2.25. The number of hydrogen-bond acceptors (Lipinski definition) is 2. The Morgan fingerprint density at radius 2 is 1.81 bits per heavy atom. The Hall–Kier alpha value is -0.340. The Bertz CT molecular complexity index is 281. The van der Waals surface area contributed by atoms with E-state index in [9.17, 15) is 0 Å². The highest BCUT2D eigenvalue weighted by molar-refractivity contribution is 5.05. The standard InChI is InChI=1S/C19H39NO/c1-8-10-11-13-21-14-12-20(9-2)19(6,7)16-18(5)15-17(3)4/h15,17H,8-14,16H2,1-7H3. The molecule has 0 aromatic carbocycles. The third-order valence-electron chi connectivity index (χ3n) is 3.96. The van der Waals surface area contributed by atoms with Crippen molar-refractivity contribution in [1.82, 2.24) is 4.90 Å². The van der Waals surface area contributed by atoms with Crippen LogP contribution in [0.2, 0.25) is 0 Å². The fraction of sp³-hybridized carbons (Fsp3) is 0.895. The zero-order valence-corrected chi connectivity index (χ0v) is 15.7. The second-order valence-electron chi connectivity index (χ2n) is 7.15. The molecule has 0 saturated heterocycles. The molecule has 126 valence electrons. The third-order valence-corrected chi connectivity index (χ3v) is 3.96. The molecule has 0 aliphatic carbocycles. The summed E-state index contributed by atoms with van der Waals surface area (Å²) in [7, 11) is 0. The number of allylic oxidation sites excluding steroid dienone is 1. The van der Waals surface area contributed by atoms with Crippen molar-refractivity contribution in [2.45, 2.75) is 79.7 Å². The summed E-state index contributed by atoms with van der Waals surface area (Å²) in [6.07, 6.45) is 7.26. The summed E-state index contributed by atoms with van der Waals surface area (Å²) in [5.41, 5.74) is 1.70. The molecule has 0 atom stereocenters. The van der Waals surface area contributed by atoms with Crippen molar-refractivity contribution in [2.24, 2.45) is 5.92 Å². The van der Waals surface area contributed by atoms with E-state index in [-0.39, 0.29) is 5.54 Å². The van der Waals surface area contributed by atoms with Gasteiger partial charge in [-0.1, -0.05) is 52.2 Å². The van der Waals surface area contributed by atoms with Crippen LogP contribution in [-0.2, 0) is 4.74 Å². The quantitative estimate of drug-likeness (QED) is 0.358. The molecule has 0 aliphatic rings. The Labute approximate surface area is 133 Å². The maximum atomic E-state index is 5.78. The lowest BCUT2D eigenvalue weighted by molar-refractivity contribution is 0.0595. The highest BCUT2D eigenvalue weighted by Crippen LogP contribution is 2.23. The van der Waals surface area contributed by atoms with E-state index in [4.69, 9.17) is 4.74 Å². The van der Waals surface area contributed by atoms with Gasteiger partial charge in [-0.2, -0.15) is 0 Å². The lowest BCUT2D eigenvalue weighted by Gasteiger charge is -2.38. The van der Waals surface area contributed by atoms with Crippen molar-refractivity contribution in [1.29, 1.82) is 0 Å². The van der Waals surface area contributed by atoms with Crippen molar-refractivity contribution < 1.29 is 4.74 Å². The zero-order valence-electron chi connectivity index (χ0n) is 15.7. The van der Waals surface area contributed by atoms with Gasteiger partial charge in [-0.15, -0.1) is 0 Å². The summed E-state index contributed by atoms with van der Waals surface area (Å²) >= 11 is 0. The van der Waals surface area contributed by atoms with E-state index in [2.05, 4.69) is 59.4 Å². The van der Waals surface area contributed by atoms with Crippen LogP contribution in [0.4, 0.5) is 0 Å². The van der Waals surface area contributed by atoms with Crippen molar-refractivity contribution in [3.63, 3.8) is 0 Å². The third kappa shape index (κ3) is 10.1. The minimum Gasteiger partial charge on any atom is -0.380 e. The van der Waals surface area contributed by atoms with Gasteiger partial charge in [-0.05, 0) is 46.1 Å². The van der Waals surface area contributed by atoms with Gasteiger partial charge >= 0.3 is 0 Å². The average molecular weight is 298 g/mol. The van der Waals surface area contributed by atoms with Crippen LogP contribution in [-0.4, -0.2) is 36.7 Å². The molecular formula is C19H39NO. The van der Waals surface area contributed by atoms with Crippen molar-refractivity contribution in [3.8, 4) is 0 Å². The molecule has 0 aliphatic heterocycles. The first-order valence-electron chi connectivity index (χ1n) is 8.83. The maximum Gasteiger partial charge on any atom is 0.0593 e. The fourth-order valence-corrected chi connectivity index (χ4v) is 3.04. The van der Waals surface area contributed by atoms with Gasteiger partial charge in [0.15, 0.2) is 0 Å². The smallest absolute Gasteiger partial charge is 0.0593 e. The molecule has 0 fully saturated rings. The zero-order chi connectivity index (χ0) is 16.3. The van der Waals surface area contributed by atoms with Crippen LogP contribution >= 0.6 is 0 Å². The van der Waals surface area contributed by atoms with Crippen LogP contribution in [0.3, 0.4) is 0 Å². The van der Waals surface area contributed by atoms with E-state index in [1.165, 1.54) is 24.8 Å². The van der Waals surface area contributed by atoms with Gasteiger partial charge in [0.1, 0.15) is 0 Å². The first-order chi connectivity index (χ1) is 9.83. The Kier molecular flexibility index (Phi) is 11.1. The van der Waals surface area contributed by atoms with E-state index < -0.39 is 0 Å². The van der Waals surface area contributed by atoms with E-state index in [0.29, 0.717) is 5.92 Å². The molecule has 2 nitrogen and oxygen atoms in total. The lowest BCUT2D eigenvalue weighted by Crippen LogP contribution is -2.45. The molecule has 0 spiro atoms. The van der Waals surface area contributed by atoms with Crippen LogP contribution in [0.15, 0.2) is 11.6 Å². The number of likely N-dealkylation sites (N-methyl/N-ethyl adjacent to an activating group) is 1. The van der Waals surface area contributed by atoms with E-state index >= 15 is 0 Å². The maximum absolute atomic E-state index is 5.78. The predicted molar refractivity (Wildman–Crippen MR) is 94.9 cm³/mol. The molecule has 0 rings (SSSR count).